The lowest BCUT2D eigenvalue weighted by Gasteiger charge is -2.38. The summed E-state index contributed by atoms with van der Waals surface area (Å²) in [6.07, 6.45) is 4.43. The van der Waals surface area contributed by atoms with Gasteiger partial charge in [0.05, 0.1) is 4.92 Å². The molecule has 0 aliphatic heterocycles. The Balaban J connectivity index is 2.19. The second kappa shape index (κ2) is 4.83. The van der Waals surface area contributed by atoms with Gasteiger partial charge in [0.25, 0.3) is 5.69 Å². The van der Waals surface area contributed by atoms with E-state index in [0.717, 1.165) is 25.1 Å². The van der Waals surface area contributed by atoms with Crippen molar-refractivity contribution in [2.24, 2.45) is 5.41 Å². The van der Waals surface area contributed by atoms with Crippen LogP contribution in [0.5, 0.6) is 0 Å². The highest BCUT2D eigenvalue weighted by Gasteiger charge is 2.32. The molecule has 1 saturated carbocycles. The van der Waals surface area contributed by atoms with E-state index in [2.05, 4.69) is 17.2 Å². The van der Waals surface area contributed by atoms with Crippen LogP contribution in [0.4, 0.5) is 11.5 Å². The first-order chi connectivity index (χ1) is 8.91. The third kappa shape index (κ3) is 2.81. The van der Waals surface area contributed by atoms with Crippen molar-refractivity contribution >= 4 is 17.5 Å². The summed E-state index contributed by atoms with van der Waals surface area (Å²) in [7, 11) is 0. The van der Waals surface area contributed by atoms with Crippen LogP contribution < -0.4 is 5.32 Å². The van der Waals surface area contributed by atoms with Gasteiger partial charge in [0, 0.05) is 12.6 Å². The molecule has 1 heterocycles. The minimum absolute atomic E-state index is 0.166. The summed E-state index contributed by atoms with van der Waals surface area (Å²) >= 11 is 0. The van der Waals surface area contributed by atoms with Crippen molar-refractivity contribution in [3.05, 3.63) is 27.9 Å². The van der Waals surface area contributed by atoms with E-state index in [1.54, 1.807) is 0 Å². The van der Waals surface area contributed by atoms with Gasteiger partial charge in [0.2, 0.25) is 0 Å². The van der Waals surface area contributed by atoms with Gasteiger partial charge in [-0.2, -0.15) is 0 Å². The van der Waals surface area contributed by atoms with Gasteiger partial charge in [-0.3, -0.25) is 10.1 Å². The molecule has 0 unspecified atom stereocenters. The Kier molecular flexibility index (Phi) is 3.37. The van der Waals surface area contributed by atoms with E-state index < -0.39 is 10.9 Å². The minimum Gasteiger partial charge on any atom is -0.478 e. The summed E-state index contributed by atoms with van der Waals surface area (Å²) in [4.78, 5) is 24.9. The number of hydrogen-bond donors (Lipinski definition) is 2. The van der Waals surface area contributed by atoms with E-state index in [4.69, 9.17) is 5.11 Å². The summed E-state index contributed by atoms with van der Waals surface area (Å²) in [5, 5.41) is 22.7. The van der Waals surface area contributed by atoms with Crippen molar-refractivity contribution in [3.8, 4) is 0 Å². The van der Waals surface area contributed by atoms with Crippen LogP contribution in [0, 0.1) is 15.5 Å². The Labute approximate surface area is 109 Å². The number of nitrogens with zero attached hydrogens (tertiary/aromatic N) is 2. The van der Waals surface area contributed by atoms with E-state index in [-0.39, 0.29) is 22.5 Å². The fourth-order valence-corrected chi connectivity index (χ4v) is 2.11. The zero-order valence-corrected chi connectivity index (χ0v) is 10.5. The van der Waals surface area contributed by atoms with Gasteiger partial charge in [-0.1, -0.05) is 13.3 Å². The normalized spacial score (nSPS) is 16.5. The second-order valence-corrected chi connectivity index (χ2v) is 5.17. The number of carbonyl (C=O) groups is 1. The molecule has 19 heavy (non-hydrogen) atoms. The smallest absolute Gasteiger partial charge is 0.339 e. The molecule has 0 saturated heterocycles. The first-order valence-corrected chi connectivity index (χ1v) is 6.03. The van der Waals surface area contributed by atoms with Crippen LogP contribution in [0.15, 0.2) is 12.3 Å². The number of nitrogens with one attached hydrogen (secondary N) is 1. The summed E-state index contributed by atoms with van der Waals surface area (Å²) < 4.78 is 0. The molecule has 1 aliphatic carbocycles. The molecule has 0 spiro atoms. The molecular formula is C12H15N3O4. The van der Waals surface area contributed by atoms with E-state index in [1.807, 2.05) is 0 Å². The molecule has 0 aromatic carbocycles. The summed E-state index contributed by atoms with van der Waals surface area (Å²) in [6.45, 7) is 2.74. The molecule has 7 nitrogen and oxygen atoms in total. The quantitative estimate of drug-likeness (QED) is 0.625. The average Bonchev–Trinajstić information content (AvgIpc) is 2.33. The summed E-state index contributed by atoms with van der Waals surface area (Å²) in [6, 6.07) is 1.03. The van der Waals surface area contributed by atoms with Crippen LogP contribution in [-0.4, -0.2) is 27.5 Å². The molecule has 0 atom stereocenters. The number of hydrogen-bond acceptors (Lipinski definition) is 5. The predicted octanol–water partition coefficient (Wildman–Crippen LogP) is 2.29. The molecule has 0 amide bonds. The third-order valence-corrected chi connectivity index (χ3v) is 3.56. The van der Waals surface area contributed by atoms with Crippen LogP contribution in [0.3, 0.4) is 0 Å². The van der Waals surface area contributed by atoms with Crippen LogP contribution in [0.25, 0.3) is 0 Å². The fraction of sp³-hybridized carbons (Fsp3) is 0.500. The summed E-state index contributed by atoms with van der Waals surface area (Å²) in [5.74, 6) is -1.04. The van der Waals surface area contributed by atoms with Gasteiger partial charge in [-0.15, -0.1) is 0 Å². The zero-order valence-electron chi connectivity index (χ0n) is 10.5. The molecular weight excluding hydrogens is 250 g/mol. The topological polar surface area (TPSA) is 105 Å². The van der Waals surface area contributed by atoms with Gasteiger partial charge >= 0.3 is 5.97 Å². The number of pyridine rings is 1. The lowest BCUT2D eigenvalue weighted by molar-refractivity contribution is -0.385. The maximum atomic E-state index is 11.1. The number of carboxylic acid groups (broad SMARTS) is 1. The number of aromatic nitrogens is 1. The number of nitro groups is 1. The molecule has 0 radical (unpaired) electrons. The second-order valence-electron chi connectivity index (χ2n) is 5.17. The van der Waals surface area contributed by atoms with Gasteiger partial charge in [0.1, 0.15) is 17.6 Å². The molecule has 102 valence electrons. The Morgan fingerprint density at radius 2 is 2.32 bits per heavy atom. The highest BCUT2D eigenvalue weighted by molar-refractivity contribution is 5.93. The Morgan fingerprint density at radius 1 is 1.63 bits per heavy atom. The van der Waals surface area contributed by atoms with Crippen molar-refractivity contribution in [3.63, 3.8) is 0 Å². The summed E-state index contributed by atoms with van der Waals surface area (Å²) in [5.41, 5.74) is -0.325. The molecule has 7 heteroatoms. The van der Waals surface area contributed by atoms with Gasteiger partial charge in [-0.05, 0) is 18.3 Å². The molecule has 1 fully saturated rings. The van der Waals surface area contributed by atoms with Crippen LogP contribution >= 0.6 is 0 Å². The van der Waals surface area contributed by atoms with E-state index in [9.17, 15) is 14.9 Å². The van der Waals surface area contributed by atoms with Crippen molar-refractivity contribution in [1.82, 2.24) is 4.98 Å². The lowest BCUT2D eigenvalue weighted by Crippen LogP contribution is -2.33. The SMILES string of the molecule is CC1(CNc2ncc([N+](=O)[O-])cc2C(=O)O)CCC1. The molecule has 1 aliphatic rings. The van der Waals surface area contributed by atoms with Crippen LogP contribution in [0.1, 0.15) is 36.5 Å². The highest BCUT2D eigenvalue weighted by Crippen LogP contribution is 2.40. The number of anilines is 1. The minimum atomic E-state index is -1.22. The molecule has 2 N–H and O–H groups in total. The fourth-order valence-electron chi connectivity index (χ4n) is 2.11. The van der Waals surface area contributed by atoms with Crippen LogP contribution in [-0.2, 0) is 0 Å². The largest absolute Gasteiger partial charge is 0.478 e. The third-order valence-electron chi connectivity index (χ3n) is 3.56. The standard InChI is InChI=1S/C12H15N3O4/c1-12(3-2-4-12)7-14-10-9(11(16)17)5-8(6-13-10)15(18)19/h5-6H,2-4,7H2,1H3,(H,13,14)(H,16,17). The van der Waals surface area contributed by atoms with Gasteiger partial charge in [0.15, 0.2) is 0 Å². The lowest BCUT2D eigenvalue weighted by atomic mass is 9.70. The maximum Gasteiger partial charge on any atom is 0.339 e. The monoisotopic (exact) mass is 265 g/mol. The van der Waals surface area contributed by atoms with E-state index in [1.165, 1.54) is 6.42 Å². The number of aromatic carboxylic acids is 1. The van der Waals surface area contributed by atoms with Crippen LogP contribution in [0.2, 0.25) is 0 Å². The zero-order chi connectivity index (χ0) is 14.0. The highest BCUT2D eigenvalue weighted by atomic mass is 16.6. The first-order valence-electron chi connectivity index (χ1n) is 6.03. The average molecular weight is 265 g/mol. The molecule has 2 rings (SSSR count). The van der Waals surface area contributed by atoms with Crippen molar-refractivity contribution in [2.75, 3.05) is 11.9 Å². The van der Waals surface area contributed by atoms with Crippen molar-refractivity contribution in [2.45, 2.75) is 26.2 Å². The van der Waals surface area contributed by atoms with Gasteiger partial charge < -0.3 is 10.4 Å². The number of rotatable bonds is 5. The maximum absolute atomic E-state index is 11.1. The van der Waals surface area contributed by atoms with E-state index >= 15 is 0 Å². The first kappa shape index (κ1) is 13.3. The van der Waals surface area contributed by atoms with E-state index in [0.29, 0.717) is 6.54 Å². The Hall–Kier alpha value is -2.18. The Bertz CT molecular complexity index is 526. The number of carboxylic acids is 1. The molecule has 0 bridgehead atoms. The van der Waals surface area contributed by atoms with Crippen molar-refractivity contribution in [1.29, 1.82) is 0 Å². The Morgan fingerprint density at radius 3 is 2.79 bits per heavy atom. The molecule has 1 aromatic heterocycles. The van der Waals surface area contributed by atoms with Gasteiger partial charge in [-0.25, -0.2) is 9.78 Å². The predicted molar refractivity (Wildman–Crippen MR) is 68.3 cm³/mol. The molecule has 1 aromatic rings. The van der Waals surface area contributed by atoms with Crippen molar-refractivity contribution < 1.29 is 14.8 Å².